The second-order valence-electron chi connectivity index (χ2n) is 4.70. The molecule has 1 rings (SSSR count). The number of rotatable bonds is 8. The molecule has 4 nitrogen and oxygen atoms in total. The van der Waals surface area contributed by atoms with Gasteiger partial charge in [0.2, 0.25) is 0 Å². The number of hydrogen-bond acceptors (Lipinski definition) is 4. The topological polar surface area (TPSA) is 49.8 Å². The van der Waals surface area contributed by atoms with Crippen LogP contribution in [0.2, 0.25) is 0 Å². The molecule has 102 valence electrons. The molecule has 0 unspecified atom stereocenters. The summed E-state index contributed by atoms with van der Waals surface area (Å²) in [5, 5.41) is 10.9. The van der Waals surface area contributed by atoms with Crippen molar-refractivity contribution < 1.29 is 14.6 Å². The van der Waals surface area contributed by atoms with Gasteiger partial charge in [0, 0.05) is 26.7 Å². The Labute approximate surface area is 112 Å². The Morgan fingerprint density at radius 1 is 1.56 bits per heavy atom. The SMILES string of the molecule is COCCN(Cc1ccsc1C(=O)O)CC(C)C. The summed E-state index contributed by atoms with van der Waals surface area (Å²) in [6.07, 6.45) is 0. The predicted octanol–water partition coefficient (Wildman–Crippen LogP) is 2.55. The Morgan fingerprint density at radius 3 is 2.83 bits per heavy atom. The highest BCUT2D eigenvalue weighted by molar-refractivity contribution is 7.12. The van der Waals surface area contributed by atoms with Crippen LogP contribution in [0, 0.1) is 5.92 Å². The number of carboxylic acid groups (broad SMARTS) is 1. The van der Waals surface area contributed by atoms with Crippen molar-refractivity contribution in [3.05, 3.63) is 21.9 Å². The van der Waals surface area contributed by atoms with Gasteiger partial charge >= 0.3 is 5.97 Å². The van der Waals surface area contributed by atoms with Crippen LogP contribution < -0.4 is 0 Å². The summed E-state index contributed by atoms with van der Waals surface area (Å²) in [5.74, 6) is -0.287. The Kier molecular flexibility index (Phi) is 6.32. The fraction of sp³-hybridized carbons (Fsp3) is 0.615. The van der Waals surface area contributed by atoms with E-state index in [2.05, 4.69) is 18.7 Å². The van der Waals surface area contributed by atoms with Gasteiger partial charge in [-0.25, -0.2) is 4.79 Å². The van der Waals surface area contributed by atoms with Gasteiger partial charge in [-0.3, -0.25) is 4.90 Å². The third kappa shape index (κ3) is 4.76. The number of aromatic carboxylic acids is 1. The van der Waals surface area contributed by atoms with Crippen LogP contribution in [0.15, 0.2) is 11.4 Å². The molecule has 0 aliphatic heterocycles. The average Bonchev–Trinajstić information content (AvgIpc) is 2.73. The van der Waals surface area contributed by atoms with Gasteiger partial charge < -0.3 is 9.84 Å². The molecule has 0 aliphatic carbocycles. The Hall–Kier alpha value is -0.910. The first-order chi connectivity index (χ1) is 8.54. The maximum absolute atomic E-state index is 11.1. The van der Waals surface area contributed by atoms with E-state index in [0.717, 1.165) is 18.7 Å². The van der Waals surface area contributed by atoms with E-state index in [9.17, 15) is 4.79 Å². The van der Waals surface area contributed by atoms with Crippen LogP contribution in [-0.4, -0.2) is 42.8 Å². The van der Waals surface area contributed by atoms with Crippen molar-refractivity contribution in [1.82, 2.24) is 4.90 Å². The zero-order chi connectivity index (χ0) is 13.5. The summed E-state index contributed by atoms with van der Waals surface area (Å²) in [6.45, 7) is 7.42. The maximum Gasteiger partial charge on any atom is 0.346 e. The summed E-state index contributed by atoms with van der Waals surface area (Å²) in [4.78, 5) is 13.8. The number of nitrogens with zero attached hydrogens (tertiary/aromatic N) is 1. The lowest BCUT2D eigenvalue weighted by molar-refractivity contribution is 0.0699. The van der Waals surface area contributed by atoms with Gasteiger partial charge in [-0.05, 0) is 22.9 Å². The van der Waals surface area contributed by atoms with Crippen LogP contribution in [0.3, 0.4) is 0 Å². The van der Waals surface area contributed by atoms with E-state index in [4.69, 9.17) is 9.84 Å². The summed E-state index contributed by atoms with van der Waals surface area (Å²) >= 11 is 1.28. The highest BCUT2D eigenvalue weighted by Crippen LogP contribution is 2.19. The molecule has 0 atom stereocenters. The van der Waals surface area contributed by atoms with Crippen LogP contribution in [0.25, 0.3) is 0 Å². The summed E-state index contributed by atoms with van der Waals surface area (Å²) in [6, 6.07) is 1.90. The van der Waals surface area contributed by atoms with Crippen molar-refractivity contribution in [3.63, 3.8) is 0 Å². The van der Waals surface area contributed by atoms with Gasteiger partial charge in [-0.15, -0.1) is 11.3 Å². The quantitative estimate of drug-likeness (QED) is 0.789. The Morgan fingerprint density at radius 2 is 2.28 bits per heavy atom. The molecule has 18 heavy (non-hydrogen) atoms. The molecule has 0 fully saturated rings. The molecule has 0 spiro atoms. The number of hydrogen-bond donors (Lipinski definition) is 1. The van der Waals surface area contributed by atoms with Crippen molar-refractivity contribution in [1.29, 1.82) is 0 Å². The molecule has 0 saturated carbocycles. The van der Waals surface area contributed by atoms with E-state index in [1.807, 2.05) is 11.4 Å². The Bertz CT molecular complexity index is 376. The molecule has 1 N–H and O–H groups in total. The molecule has 0 bridgehead atoms. The third-order valence-electron chi connectivity index (χ3n) is 2.57. The molecular weight excluding hydrogens is 250 g/mol. The lowest BCUT2D eigenvalue weighted by Gasteiger charge is -2.23. The molecule has 0 radical (unpaired) electrons. The second-order valence-corrected chi connectivity index (χ2v) is 5.62. The molecule has 5 heteroatoms. The van der Waals surface area contributed by atoms with E-state index in [1.54, 1.807) is 7.11 Å². The zero-order valence-corrected chi connectivity index (χ0v) is 12.0. The third-order valence-corrected chi connectivity index (χ3v) is 3.51. The standard InChI is InChI=1S/C13H21NO3S/c1-10(2)8-14(5-6-17-3)9-11-4-7-18-12(11)13(15)16/h4,7,10H,5-6,8-9H2,1-3H3,(H,15,16). The van der Waals surface area contributed by atoms with Gasteiger partial charge in [0.25, 0.3) is 0 Å². The lowest BCUT2D eigenvalue weighted by Crippen LogP contribution is -2.30. The summed E-state index contributed by atoms with van der Waals surface area (Å²) in [5.41, 5.74) is 0.893. The van der Waals surface area contributed by atoms with Crippen LogP contribution in [0.4, 0.5) is 0 Å². The van der Waals surface area contributed by atoms with Crippen molar-refractivity contribution >= 4 is 17.3 Å². The minimum atomic E-state index is -0.837. The molecule has 1 aromatic heterocycles. The van der Waals surface area contributed by atoms with Crippen LogP contribution >= 0.6 is 11.3 Å². The number of ether oxygens (including phenoxy) is 1. The molecule has 0 aliphatic rings. The molecule has 0 saturated heterocycles. The fourth-order valence-corrected chi connectivity index (χ4v) is 2.61. The molecule has 0 amide bonds. The monoisotopic (exact) mass is 271 g/mol. The van der Waals surface area contributed by atoms with Gasteiger partial charge in [-0.2, -0.15) is 0 Å². The number of carbonyl (C=O) groups is 1. The number of carboxylic acids is 1. The van der Waals surface area contributed by atoms with Gasteiger partial charge in [0.1, 0.15) is 4.88 Å². The van der Waals surface area contributed by atoms with Crippen LogP contribution in [0.1, 0.15) is 29.1 Å². The fourth-order valence-electron chi connectivity index (χ4n) is 1.86. The predicted molar refractivity (Wildman–Crippen MR) is 73.3 cm³/mol. The maximum atomic E-state index is 11.1. The first kappa shape index (κ1) is 15.1. The van der Waals surface area contributed by atoms with Crippen LogP contribution in [-0.2, 0) is 11.3 Å². The largest absolute Gasteiger partial charge is 0.477 e. The van der Waals surface area contributed by atoms with E-state index in [1.165, 1.54) is 11.3 Å². The minimum Gasteiger partial charge on any atom is -0.477 e. The second kappa shape index (κ2) is 7.51. The van der Waals surface area contributed by atoms with Gasteiger partial charge in [0.15, 0.2) is 0 Å². The zero-order valence-electron chi connectivity index (χ0n) is 11.2. The highest BCUT2D eigenvalue weighted by Gasteiger charge is 2.15. The lowest BCUT2D eigenvalue weighted by atomic mass is 10.1. The Balaban J connectivity index is 2.68. The highest BCUT2D eigenvalue weighted by atomic mass is 32.1. The van der Waals surface area contributed by atoms with Crippen LogP contribution in [0.5, 0.6) is 0 Å². The van der Waals surface area contributed by atoms with Crippen molar-refractivity contribution in [3.8, 4) is 0 Å². The number of thiophene rings is 1. The molecule has 1 heterocycles. The van der Waals surface area contributed by atoms with Gasteiger partial charge in [-0.1, -0.05) is 13.8 Å². The molecule has 1 aromatic rings. The van der Waals surface area contributed by atoms with Crippen molar-refractivity contribution in [2.75, 3.05) is 26.8 Å². The summed E-state index contributed by atoms with van der Waals surface area (Å²) in [7, 11) is 1.68. The number of methoxy groups -OCH3 is 1. The molecular formula is C13H21NO3S. The first-order valence-corrected chi connectivity index (χ1v) is 6.93. The van der Waals surface area contributed by atoms with Gasteiger partial charge in [0.05, 0.1) is 6.61 Å². The van der Waals surface area contributed by atoms with E-state index in [-0.39, 0.29) is 0 Å². The normalized spacial score (nSPS) is 11.4. The first-order valence-electron chi connectivity index (χ1n) is 6.05. The average molecular weight is 271 g/mol. The minimum absolute atomic E-state index is 0.446. The van der Waals surface area contributed by atoms with E-state index < -0.39 is 5.97 Å². The van der Waals surface area contributed by atoms with E-state index in [0.29, 0.717) is 23.9 Å². The summed E-state index contributed by atoms with van der Waals surface area (Å²) < 4.78 is 5.10. The van der Waals surface area contributed by atoms with Crippen molar-refractivity contribution in [2.24, 2.45) is 5.92 Å². The molecule has 0 aromatic carbocycles. The van der Waals surface area contributed by atoms with Crippen molar-refractivity contribution in [2.45, 2.75) is 20.4 Å². The smallest absolute Gasteiger partial charge is 0.346 e. The van der Waals surface area contributed by atoms with E-state index >= 15 is 0 Å².